The highest BCUT2D eigenvalue weighted by atomic mass is 79.9. The molecule has 4 aromatic rings. The van der Waals surface area contributed by atoms with Crippen LogP contribution in [-0.2, 0) is 11.2 Å². The molecule has 6 nitrogen and oxygen atoms in total. The molecule has 4 rings (SSSR count). The lowest BCUT2D eigenvalue weighted by Crippen LogP contribution is -2.36. The summed E-state index contributed by atoms with van der Waals surface area (Å²) >= 11 is 3.43. The molecule has 7 heteroatoms. The van der Waals surface area contributed by atoms with E-state index in [0.29, 0.717) is 22.9 Å². The smallest absolute Gasteiger partial charge is 0.247 e. The topological polar surface area (TPSA) is 90.8 Å². The number of aryl methyl sites for hydroxylation is 1. The molecule has 1 unspecified atom stereocenters. The maximum absolute atomic E-state index is 13.3. The van der Waals surface area contributed by atoms with Gasteiger partial charge in [0.15, 0.2) is 0 Å². The number of benzene rings is 4. The lowest BCUT2D eigenvalue weighted by atomic mass is 10.0. The fourth-order valence-corrected chi connectivity index (χ4v) is 4.24. The lowest BCUT2D eigenvalue weighted by Gasteiger charge is -2.22. The summed E-state index contributed by atoms with van der Waals surface area (Å²) in [5.74, 6) is -0.305. The minimum Gasteiger partial charge on any atom is -0.505 e. The van der Waals surface area contributed by atoms with Gasteiger partial charge in [-0.05, 0) is 47.5 Å². The number of anilines is 2. The Morgan fingerprint density at radius 3 is 2.36 bits per heavy atom. The summed E-state index contributed by atoms with van der Waals surface area (Å²) in [7, 11) is 0. The first kappa shape index (κ1) is 22.5. The summed E-state index contributed by atoms with van der Waals surface area (Å²) in [4.78, 5) is 24.8. The maximum Gasteiger partial charge on any atom is 0.247 e. The van der Waals surface area contributed by atoms with Gasteiger partial charge in [-0.15, -0.1) is 4.91 Å². The van der Waals surface area contributed by atoms with Gasteiger partial charge in [-0.3, -0.25) is 4.79 Å². The highest BCUT2D eigenvalue weighted by Crippen LogP contribution is 2.39. The Morgan fingerprint density at radius 1 is 0.970 bits per heavy atom. The first-order valence-corrected chi connectivity index (χ1v) is 11.2. The minimum absolute atomic E-state index is 0.0383. The number of rotatable bonds is 7. The number of hydrogen-bond donors (Lipinski definition) is 3. The molecule has 0 bridgehead atoms. The molecule has 4 aromatic carbocycles. The number of phenolic OH excluding ortho intramolecular Hbond substituents is 1. The fourth-order valence-electron chi connectivity index (χ4n) is 3.76. The predicted molar refractivity (Wildman–Crippen MR) is 136 cm³/mol. The van der Waals surface area contributed by atoms with E-state index < -0.39 is 6.04 Å². The third kappa shape index (κ3) is 5.04. The summed E-state index contributed by atoms with van der Waals surface area (Å²) in [6, 6.07) is 22.9. The van der Waals surface area contributed by atoms with Gasteiger partial charge in [-0.25, -0.2) is 0 Å². The Morgan fingerprint density at radius 2 is 1.67 bits per heavy atom. The van der Waals surface area contributed by atoms with Crippen LogP contribution in [0.2, 0.25) is 0 Å². The quantitative estimate of drug-likeness (QED) is 0.194. The van der Waals surface area contributed by atoms with E-state index in [2.05, 4.69) is 31.7 Å². The molecule has 0 aromatic heterocycles. The molecule has 0 aliphatic rings. The minimum atomic E-state index is -0.720. The highest BCUT2D eigenvalue weighted by molar-refractivity contribution is 9.10. The van der Waals surface area contributed by atoms with E-state index in [0.717, 1.165) is 15.6 Å². The second-order valence-electron chi connectivity index (χ2n) is 7.76. The van der Waals surface area contributed by atoms with Crippen molar-refractivity contribution in [2.45, 2.75) is 19.4 Å². The van der Waals surface area contributed by atoms with Gasteiger partial charge >= 0.3 is 0 Å². The molecule has 1 amide bonds. The number of phenols is 1. The van der Waals surface area contributed by atoms with Crippen LogP contribution in [0.1, 0.15) is 11.1 Å². The van der Waals surface area contributed by atoms with Gasteiger partial charge in [0.2, 0.25) is 5.91 Å². The van der Waals surface area contributed by atoms with Crippen molar-refractivity contribution in [1.29, 1.82) is 0 Å². The molecular weight excluding hydrogens is 482 g/mol. The summed E-state index contributed by atoms with van der Waals surface area (Å²) < 4.78 is 0.923. The Hall–Kier alpha value is -3.71. The van der Waals surface area contributed by atoms with E-state index >= 15 is 0 Å². The molecule has 0 spiro atoms. The van der Waals surface area contributed by atoms with Crippen LogP contribution in [0.5, 0.6) is 5.75 Å². The number of fused-ring (bicyclic) bond motifs is 1. The van der Waals surface area contributed by atoms with Crippen molar-refractivity contribution in [3.8, 4) is 5.75 Å². The van der Waals surface area contributed by atoms with Crippen LogP contribution in [0.15, 0.2) is 88.5 Å². The van der Waals surface area contributed by atoms with Crippen LogP contribution in [0, 0.1) is 11.8 Å². The molecule has 0 aliphatic carbocycles. The van der Waals surface area contributed by atoms with E-state index in [1.165, 1.54) is 6.07 Å². The van der Waals surface area contributed by atoms with E-state index in [9.17, 15) is 14.8 Å². The molecule has 3 N–H and O–H groups in total. The number of carbonyl (C=O) groups excluding carboxylic acids is 1. The van der Waals surface area contributed by atoms with Gasteiger partial charge < -0.3 is 15.7 Å². The standard InChI is InChI=1S/C26H22BrN3O3/c1-16-13-18(27)11-12-21(16)29-26(32)24(14-17-7-3-2-4-8-17)28-23-15-22(30-33)19-9-5-6-10-20(19)25(23)31/h2-13,15,24,28,31H,14H2,1H3,(H,29,32). The van der Waals surface area contributed by atoms with Gasteiger partial charge in [-0.2, -0.15) is 0 Å². The van der Waals surface area contributed by atoms with Crippen molar-refractivity contribution in [3.05, 3.63) is 99.4 Å². The van der Waals surface area contributed by atoms with Crippen LogP contribution < -0.4 is 10.6 Å². The average molecular weight is 504 g/mol. The number of halogens is 1. The number of nitroso groups, excluding NO2 is 1. The zero-order valence-corrected chi connectivity index (χ0v) is 19.5. The summed E-state index contributed by atoms with van der Waals surface area (Å²) in [6.07, 6.45) is 0.373. The Kier molecular flexibility index (Phi) is 6.70. The molecule has 0 aliphatic heterocycles. The van der Waals surface area contributed by atoms with Crippen LogP contribution >= 0.6 is 15.9 Å². The lowest BCUT2D eigenvalue weighted by molar-refractivity contribution is -0.116. The first-order valence-electron chi connectivity index (χ1n) is 10.4. The van der Waals surface area contributed by atoms with E-state index in [-0.39, 0.29) is 23.0 Å². The van der Waals surface area contributed by atoms with Gasteiger partial charge in [0.1, 0.15) is 17.5 Å². The molecule has 1 atom stereocenters. The number of carbonyl (C=O) groups is 1. The Bertz CT molecular complexity index is 1330. The molecule has 0 radical (unpaired) electrons. The molecule has 33 heavy (non-hydrogen) atoms. The maximum atomic E-state index is 13.3. The van der Waals surface area contributed by atoms with Crippen molar-refractivity contribution in [1.82, 2.24) is 0 Å². The van der Waals surface area contributed by atoms with Crippen molar-refractivity contribution in [2.75, 3.05) is 10.6 Å². The Balaban J connectivity index is 1.70. The first-order chi connectivity index (χ1) is 16.0. The van der Waals surface area contributed by atoms with Crippen LogP contribution in [0.25, 0.3) is 10.8 Å². The van der Waals surface area contributed by atoms with Gasteiger partial charge in [0.25, 0.3) is 0 Å². The van der Waals surface area contributed by atoms with Gasteiger partial charge in [0, 0.05) is 27.4 Å². The van der Waals surface area contributed by atoms with Crippen molar-refractivity contribution in [2.24, 2.45) is 5.18 Å². The molecule has 0 saturated heterocycles. The van der Waals surface area contributed by atoms with Crippen LogP contribution in [-0.4, -0.2) is 17.1 Å². The SMILES string of the molecule is Cc1cc(Br)ccc1NC(=O)C(Cc1ccccc1)Nc1cc(N=O)c2ccccc2c1O. The third-order valence-corrected chi connectivity index (χ3v) is 5.96. The van der Waals surface area contributed by atoms with Gasteiger partial charge in [-0.1, -0.05) is 70.5 Å². The van der Waals surface area contributed by atoms with E-state index in [4.69, 9.17) is 0 Å². The molecule has 0 saturated carbocycles. The predicted octanol–water partition coefficient (Wildman–Crippen LogP) is 6.68. The van der Waals surface area contributed by atoms with Crippen molar-refractivity contribution >= 4 is 49.7 Å². The number of nitrogens with zero attached hydrogens (tertiary/aromatic N) is 1. The largest absolute Gasteiger partial charge is 0.505 e. The Labute approximate surface area is 199 Å². The molecular formula is C26H22BrN3O3. The van der Waals surface area contributed by atoms with Crippen molar-refractivity contribution in [3.63, 3.8) is 0 Å². The molecule has 166 valence electrons. The zero-order valence-electron chi connectivity index (χ0n) is 17.9. The van der Waals surface area contributed by atoms with Gasteiger partial charge in [0.05, 0.1) is 5.69 Å². The fraction of sp³-hybridized carbons (Fsp3) is 0.115. The molecule has 0 fully saturated rings. The second kappa shape index (κ2) is 9.83. The number of amides is 1. The zero-order chi connectivity index (χ0) is 23.4. The summed E-state index contributed by atoms with van der Waals surface area (Å²) in [5, 5.41) is 21.2. The van der Waals surface area contributed by atoms with Crippen LogP contribution in [0.4, 0.5) is 17.1 Å². The second-order valence-corrected chi connectivity index (χ2v) is 8.68. The number of aromatic hydroxyl groups is 1. The third-order valence-electron chi connectivity index (χ3n) is 5.47. The normalized spacial score (nSPS) is 11.7. The average Bonchev–Trinajstić information content (AvgIpc) is 2.82. The highest BCUT2D eigenvalue weighted by Gasteiger charge is 2.22. The number of nitrogens with one attached hydrogen (secondary N) is 2. The van der Waals surface area contributed by atoms with Crippen LogP contribution in [0.3, 0.4) is 0 Å². The summed E-state index contributed by atoms with van der Waals surface area (Å²) in [5.41, 5.74) is 3.02. The molecule has 0 heterocycles. The number of hydrogen-bond acceptors (Lipinski definition) is 5. The van der Waals surface area contributed by atoms with Crippen molar-refractivity contribution < 1.29 is 9.90 Å². The summed E-state index contributed by atoms with van der Waals surface area (Å²) in [6.45, 7) is 1.91. The monoisotopic (exact) mass is 503 g/mol. The van der Waals surface area contributed by atoms with E-state index in [1.807, 2.05) is 55.5 Å². The van der Waals surface area contributed by atoms with E-state index in [1.54, 1.807) is 24.3 Å².